The number of hydroxylamine groups is 1. The van der Waals surface area contributed by atoms with Crippen LogP contribution in [0.25, 0.3) is 22.5 Å². The molecule has 0 saturated heterocycles. The molecule has 13 heteroatoms. The molecule has 1 aliphatic rings. The number of hydrogen-bond donors (Lipinski definition) is 2. The zero-order chi connectivity index (χ0) is 53.5. The van der Waals surface area contributed by atoms with Crippen molar-refractivity contribution >= 4 is 43.7 Å². The molecule has 390 valence electrons. The van der Waals surface area contributed by atoms with Crippen LogP contribution in [0.1, 0.15) is 83.2 Å². The number of amides is 1. The monoisotopic (exact) mass is 1050 g/mol. The number of pyridine rings is 2. The lowest BCUT2D eigenvalue weighted by molar-refractivity contribution is -0.151. The van der Waals surface area contributed by atoms with E-state index in [-0.39, 0.29) is 30.2 Å². The lowest BCUT2D eigenvalue weighted by atomic mass is 9.84. The van der Waals surface area contributed by atoms with Crippen LogP contribution < -0.4 is 10.8 Å². The van der Waals surface area contributed by atoms with Crippen molar-refractivity contribution in [2.45, 2.75) is 88.2 Å². The molecule has 11 nitrogen and oxygen atoms in total. The van der Waals surface area contributed by atoms with Crippen molar-refractivity contribution in [3.05, 3.63) is 227 Å². The molecule has 0 bridgehead atoms. The van der Waals surface area contributed by atoms with Crippen LogP contribution in [0.15, 0.2) is 188 Å². The number of carbonyl (C=O) groups excluding carboxylic acids is 4. The van der Waals surface area contributed by atoms with E-state index in [0.717, 1.165) is 45.0 Å². The van der Waals surface area contributed by atoms with E-state index in [1.54, 1.807) is 24.3 Å². The number of fused-ring (bicyclic) bond motifs is 3. The number of nitrogens with one attached hydrogen (secondary N) is 2. The first-order chi connectivity index (χ1) is 36.8. The molecule has 76 heavy (non-hydrogen) atoms. The third-order valence-corrected chi connectivity index (χ3v) is 16.5. The third-order valence-electron chi connectivity index (χ3n) is 13.3. The van der Waals surface area contributed by atoms with Crippen LogP contribution in [0, 0.1) is 5.92 Å². The van der Waals surface area contributed by atoms with Gasteiger partial charge in [-0.25, -0.2) is 19.4 Å². The summed E-state index contributed by atoms with van der Waals surface area (Å²) in [5, 5.41) is 2.73. The van der Waals surface area contributed by atoms with Gasteiger partial charge in [0.25, 0.3) is 0 Å². The Balaban J connectivity index is 0.962. The van der Waals surface area contributed by atoms with Crippen molar-refractivity contribution in [1.29, 1.82) is 0 Å². The van der Waals surface area contributed by atoms with Gasteiger partial charge in [-0.1, -0.05) is 191 Å². The van der Waals surface area contributed by atoms with Gasteiger partial charge in [0, 0.05) is 26.6 Å². The first kappa shape index (κ1) is 54.8. The first-order valence-electron chi connectivity index (χ1n) is 26.0. The number of hydrogen-bond acceptors (Lipinski definition) is 11. The summed E-state index contributed by atoms with van der Waals surface area (Å²) in [4.78, 5) is 69.5. The Labute approximate surface area is 451 Å². The molecule has 2 N–H and O–H groups in total. The molecule has 0 radical (unpaired) electrons. The van der Waals surface area contributed by atoms with Crippen molar-refractivity contribution in [2.24, 2.45) is 5.92 Å². The SMILES string of the molecule is CC(C)[C@@H](NC(=O)ONC1c2ccccc2-c2ccccc21)C(=O)O[C@H](/C=C/CCSC(c1ccccc1)(c1ccccc1)c1ccccc1)CC(=O)CCc1cccc(-c2cccc(C(=O)OCC[Si](C)(C)C)n2)n1. The van der Waals surface area contributed by atoms with Crippen LogP contribution in [0.5, 0.6) is 0 Å². The highest BCUT2D eigenvalue weighted by atomic mass is 32.2. The molecule has 5 aromatic carbocycles. The van der Waals surface area contributed by atoms with Crippen LogP contribution in [0.4, 0.5) is 4.79 Å². The first-order valence-corrected chi connectivity index (χ1v) is 30.7. The summed E-state index contributed by atoms with van der Waals surface area (Å²) in [7, 11) is -1.39. The minimum atomic E-state index is -1.39. The number of ketones is 1. The maximum Gasteiger partial charge on any atom is 0.426 e. The summed E-state index contributed by atoms with van der Waals surface area (Å²) >= 11 is 1.81. The van der Waals surface area contributed by atoms with Crippen LogP contribution in [0.2, 0.25) is 25.7 Å². The molecule has 2 aromatic heterocycles. The number of benzene rings is 5. The highest BCUT2D eigenvalue weighted by Crippen LogP contribution is 2.49. The molecule has 7 aromatic rings. The topological polar surface area (TPSA) is 146 Å². The Bertz CT molecular complexity index is 2970. The average Bonchev–Trinajstić information content (AvgIpc) is 3.80. The number of Topliss-reactive ketones (excluding diaryl/α,β-unsaturated/α-hetero) is 1. The second-order valence-corrected chi connectivity index (χ2v) is 27.3. The maximum atomic E-state index is 14.2. The number of aromatic nitrogens is 2. The number of ether oxygens (including phenoxy) is 2. The fourth-order valence-electron chi connectivity index (χ4n) is 9.29. The van der Waals surface area contributed by atoms with Gasteiger partial charge < -0.3 is 19.6 Å². The molecular weight excluding hydrogens is 985 g/mol. The van der Waals surface area contributed by atoms with Gasteiger partial charge in [-0.2, -0.15) is 0 Å². The molecule has 0 fully saturated rings. The predicted octanol–water partition coefficient (Wildman–Crippen LogP) is 13.1. The van der Waals surface area contributed by atoms with Gasteiger partial charge >= 0.3 is 18.0 Å². The lowest BCUT2D eigenvalue weighted by Gasteiger charge is -2.35. The summed E-state index contributed by atoms with van der Waals surface area (Å²) in [6, 6.07) is 57.4. The minimum absolute atomic E-state index is 0.0994. The molecule has 1 aliphatic carbocycles. The average molecular weight is 1050 g/mol. The highest BCUT2D eigenvalue weighted by Gasteiger charge is 2.37. The fraction of sp³-hybridized carbons (Fsp3) is 0.270. The van der Waals surface area contributed by atoms with Crippen molar-refractivity contribution in [3.63, 3.8) is 0 Å². The van der Waals surface area contributed by atoms with Crippen molar-refractivity contribution in [3.8, 4) is 22.5 Å². The van der Waals surface area contributed by atoms with Crippen molar-refractivity contribution < 1.29 is 33.5 Å². The van der Waals surface area contributed by atoms with Gasteiger partial charge in [0.2, 0.25) is 0 Å². The zero-order valence-electron chi connectivity index (χ0n) is 43.8. The van der Waals surface area contributed by atoms with E-state index in [9.17, 15) is 19.2 Å². The standard InChI is InChI=1S/C63H66N4O7SSi/c1-44(2)58(66-62(71)74-67-59-53-33-17-15-31-51(53)52-32-16-18-34-54(52)59)61(70)73-50(30-19-20-41-75-63(45-23-9-6-10-24-45,46-25-11-7-12-26-46)47-27-13-8-14-28-47)43-49(68)39-38-48-29-21-35-55(64-48)56-36-22-37-57(65-56)60(69)72-40-42-76(3,4)5/h6-19,21-37,44,50,58-59,67H,20,38-43H2,1-5H3,(H,66,71)/b30-19+/t50-,58-/m1/s1. The summed E-state index contributed by atoms with van der Waals surface area (Å²) in [6.45, 7) is 10.6. The number of allylic oxidation sites excluding steroid dienone is 1. The number of esters is 2. The molecular formula is C63H66N4O7SSi. The second-order valence-electron chi connectivity index (χ2n) is 20.4. The van der Waals surface area contributed by atoms with Crippen LogP contribution in [0.3, 0.4) is 0 Å². The minimum Gasteiger partial charge on any atom is -0.461 e. The van der Waals surface area contributed by atoms with Crippen molar-refractivity contribution in [1.82, 2.24) is 20.8 Å². The number of nitrogens with zero attached hydrogens (tertiary/aromatic N) is 2. The fourth-order valence-corrected chi connectivity index (χ4v) is 11.5. The number of rotatable bonds is 24. The molecule has 0 unspecified atom stereocenters. The second kappa shape index (κ2) is 25.9. The maximum absolute atomic E-state index is 14.2. The quantitative estimate of drug-likeness (QED) is 0.0113. The molecule has 2 heterocycles. The Kier molecular flexibility index (Phi) is 18.6. The van der Waals surface area contributed by atoms with Crippen molar-refractivity contribution in [2.75, 3.05) is 12.4 Å². The smallest absolute Gasteiger partial charge is 0.426 e. The van der Waals surface area contributed by atoms with Gasteiger partial charge in [0.1, 0.15) is 23.6 Å². The number of thioether (sulfide) groups is 1. The van der Waals surface area contributed by atoms with Crippen LogP contribution >= 0.6 is 11.8 Å². The summed E-state index contributed by atoms with van der Waals surface area (Å²) in [6.07, 6.45) is 2.90. The van der Waals surface area contributed by atoms with Gasteiger partial charge in [0.05, 0.1) is 28.8 Å². The molecule has 0 saturated carbocycles. The normalized spacial score (nSPS) is 13.1. The molecule has 0 spiro atoms. The molecule has 1 amide bonds. The van der Waals surface area contributed by atoms with Gasteiger partial charge in [-0.15, -0.1) is 17.2 Å². The van der Waals surface area contributed by atoms with E-state index in [1.165, 1.54) is 0 Å². The van der Waals surface area contributed by atoms with E-state index >= 15 is 0 Å². The third kappa shape index (κ3) is 14.1. The van der Waals surface area contributed by atoms with Gasteiger partial charge in [-0.3, -0.25) is 9.78 Å². The Morgan fingerprint density at radius 1 is 0.684 bits per heavy atom. The molecule has 8 rings (SSSR count). The molecule has 2 atom stereocenters. The van der Waals surface area contributed by atoms with Gasteiger partial charge in [-0.05, 0) is 99.8 Å². The highest BCUT2D eigenvalue weighted by molar-refractivity contribution is 8.00. The summed E-state index contributed by atoms with van der Waals surface area (Å²) < 4.78 is 11.2. The zero-order valence-corrected chi connectivity index (χ0v) is 45.6. The Morgan fingerprint density at radius 2 is 1.24 bits per heavy atom. The number of carbonyl (C=O) groups is 4. The Hall–Kier alpha value is -7.45. The predicted molar refractivity (Wildman–Crippen MR) is 304 cm³/mol. The van der Waals surface area contributed by atoms with Crippen LogP contribution in [-0.2, 0) is 35.1 Å². The van der Waals surface area contributed by atoms with E-state index in [2.05, 4.69) is 108 Å². The summed E-state index contributed by atoms with van der Waals surface area (Å²) in [5.41, 5.74) is 12.4. The largest absolute Gasteiger partial charge is 0.461 e. The lowest BCUT2D eigenvalue weighted by Crippen LogP contribution is -2.47. The Morgan fingerprint density at radius 3 is 1.82 bits per heavy atom. The molecule has 0 aliphatic heterocycles. The van der Waals surface area contributed by atoms with E-state index < -0.39 is 49.0 Å². The summed E-state index contributed by atoms with van der Waals surface area (Å²) in [5.74, 6) is -1.01. The van der Waals surface area contributed by atoms with Gasteiger partial charge in [0.15, 0.2) is 0 Å². The number of aryl methyl sites for hydroxylation is 1. The van der Waals surface area contributed by atoms with E-state index in [4.69, 9.17) is 19.3 Å². The van der Waals surface area contributed by atoms with E-state index in [0.29, 0.717) is 42.3 Å². The van der Waals surface area contributed by atoms with E-state index in [1.807, 2.05) is 117 Å². The van der Waals surface area contributed by atoms with Crippen LogP contribution in [-0.4, -0.2) is 66.4 Å².